The van der Waals surface area contributed by atoms with E-state index in [1.807, 2.05) is 0 Å². The molecule has 2 heterocycles. The van der Waals surface area contributed by atoms with Crippen LogP contribution >= 0.6 is 0 Å². The Kier molecular flexibility index (Phi) is 8.76. The first-order valence-electron chi connectivity index (χ1n) is 14.7. The number of ether oxygens (including phenoxy) is 1. The molecule has 1 aromatic heterocycles. The molecule has 0 fully saturated rings. The van der Waals surface area contributed by atoms with Crippen LogP contribution in [0, 0.1) is 5.41 Å². The first-order valence-corrected chi connectivity index (χ1v) is 17.6. The van der Waals surface area contributed by atoms with Crippen molar-refractivity contribution in [2.45, 2.75) is 110 Å². The molecular weight excluding hydrogens is 543 g/mol. The summed E-state index contributed by atoms with van der Waals surface area (Å²) in [5, 5.41) is 12.0. The van der Waals surface area contributed by atoms with Gasteiger partial charge in [0.15, 0.2) is 8.32 Å². The molecule has 4 rings (SSSR count). The number of aliphatic hydroxyl groups excluding tert-OH is 1. The number of alkyl halides is 3. The number of rotatable bonds is 6. The molecule has 2 aliphatic rings. The van der Waals surface area contributed by atoms with Crippen molar-refractivity contribution in [2.24, 2.45) is 5.41 Å². The van der Waals surface area contributed by atoms with Crippen LogP contribution in [0.5, 0.6) is 0 Å². The molecule has 0 radical (unpaired) electrons. The number of nitrogens with zero attached hydrogens (tertiary/aromatic N) is 1. The predicted molar refractivity (Wildman–Crippen MR) is 160 cm³/mol. The molecule has 8 heteroatoms. The normalized spacial score (nSPS) is 20.5. The van der Waals surface area contributed by atoms with Crippen LogP contribution in [0.1, 0.15) is 119 Å². The Morgan fingerprint density at radius 1 is 1.10 bits per heavy atom. The SMILES string of the molecule is CC(C)c1nc2c(c(C3=CCOCC3)c1C(O)c1ccc(C(F)(F)F)cc1)[C@@H](O[Si](C)(C)C(C)(C)C)CC(C)(C)C2. The lowest BCUT2D eigenvalue weighted by Crippen LogP contribution is -2.44. The molecule has 2 atom stereocenters. The fraction of sp³-hybridized carbons (Fsp3) is 0.606. The van der Waals surface area contributed by atoms with Gasteiger partial charge in [-0.25, -0.2) is 0 Å². The Balaban J connectivity index is 2.01. The highest BCUT2D eigenvalue weighted by Gasteiger charge is 2.45. The van der Waals surface area contributed by atoms with Gasteiger partial charge < -0.3 is 14.3 Å². The van der Waals surface area contributed by atoms with Crippen LogP contribution in [0.25, 0.3) is 5.57 Å². The van der Waals surface area contributed by atoms with Gasteiger partial charge in [-0.2, -0.15) is 13.2 Å². The molecule has 1 aromatic carbocycles. The number of pyridine rings is 1. The number of fused-ring (bicyclic) bond motifs is 1. The van der Waals surface area contributed by atoms with Gasteiger partial charge >= 0.3 is 6.18 Å². The number of benzene rings is 1. The number of hydrogen-bond donors (Lipinski definition) is 1. The zero-order chi connectivity index (χ0) is 30.5. The zero-order valence-corrected chi connectivity index (χ0v) is 27.0. The lowest BCUT2D eigenvalue weighted by molar-refractivity contribution is -0.137. The van der Waals surface area contributed by atoms with Crippen LogP contribution in [-0.4, -0.2) is 31.6 Å². The molecule has 2 aromatic rings. The Hall–Kier alpha value is -2.00. The average Bonchev–Trinajstić information content (AvgIpc) is 2.85. The standard InChI is InChI=1S/C33H46F3NO3Si/c1-20(2)29-28(30(38)22-10-12-23(13-11-22)33(34,35)36)26(21-14-16-39-17-15-21)27-24(37-29)18-32(6,7)19-25(27)40-41(8,9)31(3,4)5/h10-14,20,25,30,38H,15-19H2,1-9H3/t25-,30?/m0/s1. The van der Waals surface area contributed by atoms with E-state index in [9.17, 15) is 18.3 Å². The van der Waals surface area contributed by atoms with Crippen LogP contribution in [0.4, 0.5) is 13.2 Å². The second-order valence-electron chi connectivity index (χ2n) is 14.3. The summed E-state index contributed by atoms with van der Waals surface area (Å²) in [4.78, 5) is 5.25. The summed E-state index contributed by atoms with van der Waals surface area (Å²) >= 11 is 0. The summed E-state index contributed by atoms with van der Waals surface area (Å²) < 4.78 is 52.8. The van der Waals surface area contributed by atoms with E-state index in [1.54, 1.807) is 0 Å². The molecular formula is C33H46F3NO3Si. The Bertz CT molecular complexity index is 1290. The molecule has 1 aliphatic heterocycles. The molecule has 226 valence electrons. The van der Waals surface area contributed by atoms with Gasteiger partial charge in [0, 0.05) is 22.5 Å². The van der Waals surface area contributed by atoms with Crippen molar-refractivity contribution in [3.05, 3.63) is 69.5 Å². The number of aromatic nitrogens is 1. The molecule has 0 bridgehead atoms. The lowest BCUT2D eigenvalue weighted by atomic mass is 9.71. The second kappa shape index (κ2) is 11.2. The summed E-state index contributed by atoms with van der Waals surface area (Å²) in [5.74, 6) is -0.0108. The fourth-order valence-corrected chi connectivity index (χ4v) is 7.03. The molecule has 0 amide bonds. The molecule has 0 saturated heterocycles. The van der Waals surface area contributed by atoms with Crippen molar-refractivity contribution < 1.29 is 27.4 Å². The van der Waals surface area contributed by atoms with Crippen molar-refractivity contribution in [2.75, 3.05) is 13.2 Å². The van der Waals surface area contributed by atoms with E-state index in [0.29, 0.717) is 30.8 Å². The van der Waals surface area contributed by atoms with E-state index < -0.39 is 26.2 Å². The largest absolute Gasteiger partial charge is 0.416 e. The average molecular weight is 590 g/mol. The molecule has 0 spiro atoms. The van der Waals surface area contributed by atoms with Gasteiger partial charge in [0.2, 0.25) is 0 Å². The summed E-state index contributed by atoms with van der Waals surface area (Å²) in [5.41, 5.74) is 5.17. The minimum atomic E-state index is -4.45. The van der Waals surface area contributed by atoms with Gasteiger partial charge in [0.05, 0.1) is 24.9 Å². The topological polar surface area (TPSA) is 51.6 Å². The third-order valence-corrected chi connectivity index (χ3v) is 13.5. The van der Waals surface area contributed by atoms with Crippen LogP contribution in [0.2, 0.25) is 18.1 Å². The highest BCUT2D eigenvalue weighted by molar-refractivity contribution is 6.74. The second-order valence-corrected chi connectivity index (χ2v) is 19.0. The van der Waals surface area contributed by atoms with E-state index in [-0.39, 0.29) is 22.5 Å². The minimum absolute atomic E-state index is 0.000732. The molecule has 0 saturated carbocycles. The maximum absolute atomic E-state index is 13.3. The van der Waals surface area contributed by atoms with E-state index >= 15 is 0 Å². The Labute approximate surface area is 244 Å². The van der Waals surface area contributed by atoms with Gasteiger partial charge in [-0.3, -0.25) is 4.98 Å². The maximum atomic E-state index is 13.3. The van der Waals surface area contributed by atoms with Crippen LogP contribution in [-0.2, 0) is 21.8 Å². The van der Waals surface area contributed by atoms with Gasteiger partial charge in [0.1, 0.15) is 6.10 Å². The summed E-state index contributed by atoms with van der Waals surface area (Å²) in [6.45, 7) is 20.9. The smallest absolute Gasteiger partial charge is 0.410 e. The molecule has 4 nitrogen and oxygen atoms in total. The highest BCUT2D eigenvalue weighted by atomic mass is 28.4. The van der Waals surface area contributed by atoms with Crippen molar-refractivity contribution in [3.63, 3.8) is 0 Å². The minimum Gasteiger partial charge on any atom is -0.410 e. The van der Waals surface area contributed by atoms with Crippen LogP contribution in [0.3, 0.4) is 0 Å². The Morgan fingerprint density at radius 3 is 2.24 bits per heavy atom. The summed E-state index contributed by atoms with van der Waals surface area (Å²) in [6, 6.07) is 4.84. The highest BCUT2D eigenvalue weighted by Crippen LogP contribution is 2.51. The van der Waals surface area contributed by atoms with Crippen molar-refractivity contribution in [3.8, 4) is 0 Å². The molecule has 1 unspecified atom stereocenters. The number of hydrogen-bond acceptors (Lipinski definition) is 4. The third kappa shape index (κ3) is 6.66. The fourth-order valence-electron chi connectivity index (χ4n) is 5.77. The lowest BCUT2D eigenvalue weighted by Gasteiger charge is -2.45. The molecule has 1 aliphatic carbocycles. The quantitative estimate of drug-likeness (QED) is 0.341. The van der Waals surface area contributed by atoms with Crippen molar-refractivity contribution in [1.82, 2.24) is 4.98 Å². The van der Waals surface area contributed by atoms with Gasteiger partial charge in [-0.15, -0.1) is 0 Å². The number of aliphatic hydroxyl groups is 1. The summed E-state index contributed by atoms with van der Waals surface area (Å²) in [7, 11) is -2.20. The van der Waals surface area contributed by atoms with E-state index in [0.717, 1.165) is 53.1 Å². The van der Waals surface area contributed by atoms with Gasteiger partial charge in [-0.1, -0.05) is 66.7 Å². The van der Waals surface area contributed by atoms with Gasteiger partial charge in [0.25, 0.3) is 0 Å². The van der Waals surface area contributed by atoms with E-state index in [1.165, 1.54) is 12.1 Å². The predicted octanol–water partition coefficient (Wildman–Crippen LogP) is 9.14. The van der Waals surface area contributed by atoms with Crippen LogP contribution in [0.15, 0.2) is 30.3 Å². The monoisotopic (exact) mass is 589 g/mol. The maximum Gasteiger partial charge on any atom is 0.416 e. The van der Waals surface area contributed by atoms with E-state index in [2.05, 4.69) is 67.6 Å². The zero-order valence-electron chi connectivity index (χ0n) is 26.0. The molecule has 1 N–H and O–H groups in total. The van der Waals surface area contributed by atoms with Crippen LogP contribution < -0.4 is 0 Å². The van der Waals surface area contributed by atoms with Gasteiger partial charge in [-0.05, 0) is 77.6 Å². The first kappa shape index (κ1) is 31.9. The van der Waals surface area contributed by atoms with E-state index in [4.69, 9.17) is 14.1 Å². The Morgan fingerprint density at radius 2 is 1.73 bits per heavy atom. The van der Waals surface area contributed by atoms with Crippen molar-refractivity contribution in [1.29, 1.82) is 0 Å². The molecule has 41 heavy (non-hydrogen) atoms. The first-order chi connectivity index (χ1) is 18.8. The third-order valence-electron chi connectivity index (χ3n) is 8.99. The number of halogens is 3. The summed E-state index contributed by atoms with van der Waals surface area (Å²) in [6.07, 6.45) is -1.43. The van der Waals surface area contributed by atoms with Crippen molar-refractivity contribution >= 4 is 13.9 Å².